The number of nitrogens with one attached hydrogen (secondary N) is 1. The molecule has 2 aliphatic rings. The quantitative estimate of drug-likeness (QED) is 0.861. The van der Waals surface area contributed by atoms with Gasteiger partial charge < -0.3 is 10.2 Å². The molecule has 0 unspecified atom stereocenters. The van der Waals surface area contributed by atoms with E-state index in [1.807, 2.05) is 0 Å². The first kappa shape index (κ1) is 16.1. The first-order valence-corrected chi connectivity index (χ1v) is 9.02. The summed E-state index contributed by atoms with van der Waals surface area (Å²) in [6, 6.07) is 6.46. The number of anilines is 1. The van der Waals surface area contributed by atoms with Crippen molar-refractivity contribution in [2.45, 2.75) is 32.2 Å². The molecule has 122 valence electrons. The summed E-state index contributed by atoms with van der Waals surface area (Å²) in [5.41, 5.74) is 1.15. The van der Waals surface area contributed by atoms with Crippen LogP contribution in [0.2, 0.25) is 0 Å². The van der Waals surface area contributed by atoms with Crippen molar-refractivity contribution in [2.24, 2.45) is 5.92 Å². The fourth-order valence-corrected chi connectivity index (χ4v) is 3.97. The lowest BCUT2D eigenvalue weighted by molar-refractivity contribution is -0.141. The summed E-state index contributed by atoms with van der Waals surface area (Å²) in [5.74, 6) is 1.20. The zero-order chi connectivity index (χ0) is 16.4. The minimum Gasteiger partial charge on any atom is -0.324 e. The molecule has 1 atom stereocenters. The van der Waals surface area contributed by atoms with Crippen molar-refractivity contribution in [3.8, 4) is 0 Å². The van der Waals surface area contributed by atoms with Crippen LogP contribution in [0.4, 0.5) is 5.69 Å². The number of carbonyl (C=O) groups is 3. The van der Waals surface area contributed by atoms with E-state index < -0.39 is 6.04 Å². The Morgan fingerprint density at radius 1 is 1.26 bits per heavy atom. The lowest BCUT2D eigenvalue weighted by Gasteiger charge is -2.31. The first-order valence-electron chi connectivity index (χ1n) is 7.86. The van der Waals surface area contributed by atoms with Crippen LogP contribution in [0.1, 0.15) is 36.5 Å². The second kappa shape index (κ2) is 6.74. The Labute approximate surface area is 139 Å². The van der Waals surface area contributed by atoms with Gasteiger partial charge in [0.25, 0.3) is 0 Å². The smallest absolute Gasteiger partial charge is 0.248 e. The summed E-state index contributed by atoms with van der Waals surface area (Å²) in [6.07, 6.45) is 2.98. The van der Waals surface area contributed by atoms with Crippen LogP contribution in [0.5, 0.6) is 0 Å². The molecule has 1 N–H and O–H groups in total. The van der Waals surface area contributed by atoms with Gasteiger partial charge in [-0.05, 0) is 31.9 Å². The molecule has 1 saturated heterocycles. The molecule has 1 aliphatic heterocycles. The highest BCUT2D eigenvalue weighted by atomic mass is 32.2. The Kier molecular flexibility index (Phi) is 4.71. The fourth-order valence-electron chi connectivity index (χ4n) is 2.81. The monoisotopic (exact) mass is 332 g/mol. The van der Waals surface area contributed by atoms with Crippen molar-refractivity contribution in [1.82, 2.24) is 4.90 Å². The molecule has 2 fully saturated rings. The summed E-state index contributed by atoms with van der Waals surface area (Å²) in [6.45, 7) is 1.49. The van der Waals surface area contributed by atoms with Crippen molar-refractivity contribution in [2.75, 3.05) is 16.9 Å². The van der Waals surface area contributed by atoms with Crippen LogP contribution in [0.15, 0.2) is 24.3 Å². The molecule has 5 nitrogen and oxygen atoms in total. The Balaban J connectivity index is 1.68. The minimum absolute atomic E-state index is 0.0423. The molecule has 0 aromatic heterocycles. The third kappa shape index (κ3) is 3.42. The van der Waals surface area contributed by atoms with Gasteiger partial charge in [-0.2, -0.15) is 0 Å². The Morgan fingerprint density at radius 3 is 2.70 bits per heavy atom. The highest BCUT2D eigenvalue weighted by Crippen LogP contribution is 2.32. The molecule has 1 aliphatic carbocycles. The minimum atomic E-state index is -0.422. The first-order chi connectivity index (χ1) is 11.1. The van der Waals surface area contributed by atoms with Crippen LogP contribution in [0.3, 0.4) is 0 Å². The van der Waals surface area contributed by atoms with Crippen molar-refractivity contribution in [3.05, 3.63) is 29.8 Å². The molecule has 0 bridgehead atoms. The average molecular weight is 332 g/mol. The van der Waals surface area contributed by atoms with Gasteiger partial charge in [-0.3, -0.25) is 14.4 Å². The Bertz CT molecular complexity index is 642. The molecule has 1 heterocycles. The van der Waals surface area contributed by atoms with E-state index in [1.165, 1.54) is 6.92 Å². The van der Waals surface area contributed by atoms with Crippen LogP contribution in [0.25, 0.3) is 0 Å². The molecular weight excluding hydrogens is 312 g/mol. The lowest BCUT2D eigenvalue weighted by Crippen LogP contribution is -2.47. The highest BCUT2D eigenvalue weighted by Gasteiger charge is 2.39. The number of hydrogen-bond donors (Lipinski definition) is 1. The standard InChI is InChI=1S/C17H20N2O3S/c1-11(20)13-6-3-7-14(8-13)18-16(21)15-9-23-10-19(15)17(22)12-4-2-5-12/h3,6-8,12,15H,2,4-5,9-10H2,1H3,(H,18,21)/t15-/m0/s1. The van der Waals surface area contributed by atoms with Crippen LogP contribution < -0.4 is 5.32 Å². The van der Waals surface area contributed by atoms with Gasteiger partial charge >= 0.3 is 0 Å². The zero-order valence-corrected chi connectivity index (χ0v) is 13.9. The second-order valence-electron chi connectivity index (χ2n) is 6.08. The predicted octanol–water partition coefficient (Wildman–Crippen LogP) is 2.53. The summed E-state index contributed by atoms with van der Waals surface area (Å²) in [4.78, 5) is 38.1. The van der Waals surface area contributed by atoms with E-state index in [4.69, 9.17) is 0 Å². The number of amides is 2. The number of benzene rings is 1. The molecule has 23 heavy (non-hydrogen) atoms. The number of carbonyl (C=O) groups excluding carboxylic acids is 3. The van der Waals surface area contributed by atoms with Gasteiger partial charge in [0.2, 0.25) is 11.8 Å². The normalized spacial score (nSPS) is 20.9. The van der Waals surface area contributed by atoms with Gasteiger partial charge in [0.15, 0.2) is 5.78 Å². The van der Waals surface area contributed by atoms with E-state index in [2.05, 4.69) is 5.32 Å². The van der Waals surface area contributed by atoms with Gasteiger partial charge in [0, 0.05) is 22.9 Å². The fraction of sp³-hybridized carbons (Fsp3) is 0.471. The van der Waals surface area contributed by atoms with E-state index in [0.29, 0.717) is 22.9 Å². The maximum absolute atomic E-state index is 12.5. The van der Waals surface area contributed by atoms with E-state index in [-0.39, 0.29) is 23.5 Å². The van der Waals surface area contributed by atoms with Crippen LogP contribution in [0, 0.1) is 5.92 Å². The molecular formula is C17H20N2O3S. The maximum atomic E-state index is 12.5. The molecule has 6 heteroatoms. The lowest BCUT2D eigenvalue weighted by atomic mass is 9.84. The summed E-state index contributed by atoms with van der Waals surface area (Å²) < 4.78 is 0. The van der Waals surface area contributed by atoms with Gasteiger partial charge in [0.05, 0.1) is 5.88 Å². The number of Topliss-reactive ketones (excluding diaryl/α,β-unsaturated/α-hetero) is 1. The van der Waals surface area contributed by atoms with E-state index in [0.717, 1.165) is 19.3 Å². The molecule has 0 spiro atoms. The predicted molar refractivity (Wildman–Crippen MR) is 90.4 cm³/mol. The summed E-state index contributed by atoms with van der Waals surface area (Å²) in [7, 11) is 0. The van der Waals surface area contributed by atoms with Crippen LogP contribution >= 0.6 is 11.8 Å². The summed E-state index contributed by atoms with van der Waals surface area (Å²) >= 11 is 1.61. The van der Waals surface area contributed by atoms with Crippen LogP contribution in [-0.4, -0.2) is 40.2 Å². The van der Waals surface area contributed by atoms with Gasteiger partial charge in [-0.15, -0.1) is 11.8 Å². The van der Waals surface area contributed by atoms with Gasteiger partial charge in [-0.25, -0.2) is 0 Å². The largest absolute Gasteiger partial charge is 0.324 e. The average Bonchev–Trinajstić information content (AvgIpc) is 2.95. The van der Waals surface area contributed by atoms with Crippen molar-refractivity contribution in [3.63, 3.8) is 0 Å². The van der Waals surface area contributed by atoms with Crippen molar-refractivity contribution in [1.29, 1.82) is 0 Å². The van der Waals surface area contributed by atoms with Crippen molar-refractivity contribution < 1.29 is 14.4 Å². The van der Waals surface area contributed by atoms with Crippen molar-refractivity contribution >= 4 is 35.0 Å². The second-order valence-corrected chi connectivity index (χ2v) is 7.08. The number of rotatable bonds is 4. The maximum Gasteiger partial charge on any atom is 0.248 e. The topological polar surface area (TPSA) is 66.5 Å². The Hall–Kier alpha value is -1.82. The van der Waals surface area contributed by atoms with E-state index in [1.54, 1.807) is 40.9 Å². The van der Waals surface area contributed by atoms with Gasteiger partial charge in [-0.1, -0.05) is 18.6 Å². The third-order valence-electron chi connectivity index (χ3n) is 4.46. The molecule has 1 aromatic rings. The SMILES string of the molecule is CC(=O)c1cccc(NC(=O)[C@@H]2CSCN2C(=O)C2CCC2)c1. The molecule has 3 rings (SSSR count). The zero-order valence-electron chi connectivity index (χ0n) is 13.1. The van der Waals surface area contributed by atoms with Crippen LogP contribution in [-0.2, 0) is 9.59 Å². The molecule has 2 amide bonds. The highest BCUT2D eigenvalue weighted by molar-refractivity contribution is 7.99. The molecule has 0 radical (unpaired) electrons. The number of ketones is 1. The number of thioether (sulfide) groups is 1. The Morgan fingerprint density at radius 2 is 2.04 bits per heavy atom. The third-order valence-corrected chi connectivity index (χ3v) is 5.47. The van der Waals surface area contributed by atoms with Gasteiger partial charge in [0.1, 0.15) is 6.04 Å². The van der Waals surface area contributed by atoms with E-state index >= 15 is 0 Å². The number of nitrogens with zero attached hydrogens (tertiary/aromatic N) is 1. The molecule has 1 aromatic carbocycles. The molecule has 1 saturated carbocycles. The summed E-state index contributed by atoms with van der Waals surface area (Å²) in [5, 5.41) is 2.84. The van der Waals surface area contributed by atoms with E-state index in [9.17, 15) is 14.4 Å². The number of hydrogen-bond acceptors (Lipinski definition) is 4.